The topological polar surface area (TPSA) is 132 Å². The Labute approximate surface area is 782 Å². The Kier molecular flexibility index (Phi) is 28.1. The standard InChI is InChI=1S/C32H37O2S.C31H33O2S.C30H31O4S.C23H23O2S/c1-5-10-27(6-2)35(28-11-8-7-9-12-28)29-13-22(3)31(23(4)14-29)34-30(33)21-32-18-24-15-25(19-32)17-26(16-24)20-32;1-21-13-28(34(26-9-5-3-6-10-26)27-11-7-4-8-12-27)14-22(2)29(21)33-30(32)31-18-23-15-24(19-31)17-25(16-23)20-31;1-20-18-24(35(22-12-8-6-9-13-22)23-14-10-7-11-15-23)19-21(2)25(20)33-27(32)30-17-16-29(5,26(31)34-30)28(30,3)4;1-4-22(24)25-23-17(2)15-21(16-18(23)3)26(19-11-7-5-8-12-19)20-13-9-6-10-14-20/h5-14,24-26H,1-2,15-21H2,3-4H3;3-14,23-25H,15-20H2,1-2H3;6-15,18-19H,16-17H2,1-5H3;5-16H,4H2,1-3H3/q4*+1/b27-10+;;;. The van der Waals surface area contributed by atoms with Crippen molar-refractivity contribution in [3.63, 3.8) is 0 Å². The predicted molar refractivity (Wildman–Crippen MR) is 526 cm³/mol. The van der Waals surface area contributed by atoms with Crippen LogP contribution in [0, 0.1) is 113 Å². The van der Waals surface area contributed by atoms with E-state index in [0.717, 1.165) is 121 Å². The van der Waals surface area contributed by atoms with Crippen molar-refractivity contribution in [3.05, 3.63) is 342 Å². The van der Waals surface area contributed by atoms with Crippen LogP contribution < -0.4 is 18.9 Å². The SMILES string of the molecule is C=C/C=C(\C=C)[S+](c1ccccc1)c1cc(C)c(OC(=O)CC23CC4CC(CC(C4)C2)C3)c(C)c1.CCC(=O)Oc1c(C)cc([S+](c2ccccc2)c2ccccc2)cc1C.Cc1cc([S+](c2ccccc2)c2ccccc2)cc(C)c1OC(=O)C12CC3CC(CC(C3)C1)C2.Cc1cc([S+](c2ccccc2)c2ccccc2)cc(C)c1OC(=O)C12CCC(C)(C(=O)O1)C2(C)C. The summed E-state index contributed by atoms with van der Waals surface area (Å²) in [6.07, 6.45) is 22.8. The molecule has 1 aliphatic heterocycles. The van der Waals surface area contributed by atoms with E-state index >= 15 is 0 Å². The van der Waals surface area contributed by atoms with Crippen LogP contribution in [0.25, 0.3) is 0 Å². The van der Waals surface area contributed by atoms with Gasteiger partial charge in [-0.3, -0.25) is 19.2 Å². The summed E-state index contributed by atoms with van der Waals surface area (Å²) in [6, 6.07) is 91.3. The molecular weight excluding hydrogens is 1680 g/mol. The van der Waals surface area contributed by atoms with E-state index in [0.29, 0.717) is 37.2 Å². The fourth-order valence-corrected chi connectivity index (χ4v) is 32.2. The molecule has 3 unspecified atom stereocenters. The zero-order valence-electron chi connectivity index (χ0n) is 77.5. The summed E-state index contributed by atoms with van der Waals surface area (Å²) in [5.41, 5.74) is 5.30. The van der Waals surface area contributed by atoms with E-state index < -0.39 is 22.4 Å². The number of hydrogen-bond donors (Lipinski definition) is 0. The first-order valence-electron chi connectivity index (χ1n) is 46.4. The van der Waals surface area contributed by atoms with Crippen LogP contribution in [-0.2, 0) is 72.3 Å². The molecule has 11 aromatic rings. The van der Waals surface area contributed by atoms with E-state index in [1.165, 1.54) is 107 Å². The van der Waals surface area contributed by atoms with E-state index in [1.54, 1.807) is 0 Å². The minimum Gasteiger partial charge on any atom is -0.446 e. The van der Waals surface area contributed by atoms with E-state index in [4.69, 9.17) is 23.7 Å². The summed E-state index contributed by atoms with van der Waals surface area (Å²) in [5, 5.41) is 0. The summed E-state index contributed by atoms with van der Waals surface area (Å²) >= 11 is 0. The summed E-state index contributed by atoms with van der Waals surface area (Å²) in [4.78, 5) is 79.6. The Morgan fingerprint density at radius 3 is 0.938 bits per heavy atom. The normalized spacial score (nSPS) is 23.4. The van der Waals surface area contributed by atoms with Gasteiger partial charge in [-0.05, 0) is 335 Å². The van der Waals surface area contributed by atoms with Gasteiger partial charge in [-0.1, -0.05) is 167 Å². The average Bonchev–Trinajstić information content (AvgIpc) is 1.51. The first kappa shape index (κ1) is 92.7. The Morgan fingerprint density at radius 2 is 0.654 bits per heavy atom. The van der Waals surface area contributed by atoms with Crippen LogP contribution in [0.4, 0.5) is 0 Å². The second-order valence-corrected chi connectivity index (χ2v) is 46.6. The number of aryl methyl sites for hydroxylation is 8. The summed E-state index contributed by atoms with van der Waals surface area (Å²) in [6.45, 7) is 31.8. The highest BCUT2D eigenvalue weighted by Gasteiger charge is 2.77. The number of allylic oxidation sites excluding steroid dienone is 3. The van der Waals surface area contributed by atoms with Gasteiger partial charge < -0.3 is 23.7 Å². The van der Waals surface area contributed by atoms with Crippen LogP contribution in [0.2, 0.25) is 0 Å². The molecule has 21 rings (SSSR count). The molecule has 1 heterocycles. The van der Waals surface area contributed by atoms with Crippen molar-refractivity contribution in [1.82, 2.24) is 0 Å². The van der Waals surface area contributed by atoms with Crippen molar-refractivity contribution in [1.29, 1.82) is 0 Å². The maximum atomic E-state index is 13.6. The van der Waals surface area contributed by atoms with E-state index in [-0.39, 0.29) is 78.3 Å². The molecule has 3 atom stereocenters. The molecule has 9 saturated carbocycles. The predicted octanol–water partition coefficient (Wildman–Crippen LogP) is 27.8. The van der Waals surface area contributed by atoms with Crippen molar-refractivity contribution in [2.75, 3.05) is 0 Å². The fourth-order valence-electron chi connectivity index (χ4n) is 23.2. The monoisotopic (exact) mass is 1800 g/mol. The third kappa shape index (κ3) is 19.3. The lowest BCUT2D eigenvalue weighted by Crippen LogP contribution is -2.51. The van der Waals surface area contributed by atoms with Gasteiger partial charge in [0.1, 0.15) is 23.0 Å². The number of ether oxygens (including phenoxy) is 5. The highest BCUT2D eigenvalue weighted by atomic mass is 32.2. The van der Waals surface area contributed by atoms with E-state index in [1.807, 2.05) is 104 Å². The molecule has 130 heavy (non-hydrogen) atoms. The molecule has 10 fully saturated rings. The fraction of sp³-hybridized carbons (Fsp3) is 0.336. The smallest absolute Gasteiger partial charge is 0.356 e. The second kappa shape index (κ2) is 39.4. The quantitative estimate of drug-likeness (QED) is 0.0264. The lowest BCUT2D eigenvalue weighted by atomic mass is 9.49. The molecule has 0 N–H and O–H groups in total. The Hall–Kier alpha value is -10.6. The highest BCUT2D eigenvalue weighted by molar-refractivity contribution is 8.01. The third-order valence-electron chi connectivity index (χ3n) is 28.9. The summed E-state index contributed by atoms with van der Waals surface area (Å²) in [5.74, 6) is 6.49. The van der Waals surface area contributed by atoms with Gasteiger partial charge in [-0.25, -0.2) is 4.79 Å². The Morgan fingerprint density at radius 1 is 0.369 bits per heavy atom. The molecule has 668 valence electrons. The van der Waals surface area contributed by atoms with Crippen LogP contribution in [-0.4, -0.2) is 35.4 Å². The number of carbonyl (C=O) groups is 5. The lowest BCUT2D eigenvalue weighted by Gasteiger charge is -2.56. The van der Waals surface area contributed by atoms with Crippen molar-refractivity contribution < 1.29 is 47.7 Å². The van der Waals surface area contributed by atoms with Gasteiger partial charge in [-0.2, -0.15) is 0 Å². The molecular formula is C116H124O10S4+4. The molecule has 0 amide bonds. The maximum Gasteiger partial charge on any atom is 0.356 e. The lowest BCUT2D eigenvalue weighted by molar-refractivity contribution is -0.176. The number of benzene rings is 11. The zero-order valence-corrected chi connectivity index (χ0v) is 80.7. The zero-order chi connectivity index (χ0) is 91.4. The van der Waals surface area contributed by atoms with Gasteiger partial charge >= 0.3 is 29.8 Å². The molecule has 1 saturated heterocycles. The van der Waals surface area contributed by atoms with Crippen molar-refractivity contribution in [3.8, 4) is 23.0 Å². The van der Waals surface area contributed by atoms with Gasteiger partial charge in [0.2, 0.25) is 5.60 Å². The molecule has 10 bridgehead atoms. The Balaban J connectivity index is 0.000000128. The van der Waals surface area contributed by atoms with Crippen LogP contribution in [0.5, 0.6) is 23.0 Å². The highest BCUT2D eigenvalue weighted by Crippen LogP contribution is 2.67. The summed E-state index contributed by atoms with van der Waals surface area (Å²) < 4.78 is 29.7. The van der Waals surface area contributed by atoms with Crippen LogP contribution in [0.3, 0.4) is 0 Å². The average molecular weight is 1810 g/mol. The number of fused-ring (bicyclic) bond motifs is 2. The number of hydrogen-bond acceptors (Lipinski definition) is 10. The van der Waals surface area contributed by atoms with Crippen molar-refractivity contribution in [2.24, 2.45) is 57.2 Å². The van der Waals surface area contributed by atoms with Crippen LogP contribution in [0.15, 0.2) is 351 Å². The molecule has 0 radical (unpaired) electrons. The summed E-state index contributed by atoms with van der Waals surface area (Å²) in [7, 11) is -1.01. The number of carbonyl (C=O) groups excluding carboxylic acids is 5. The molecule has 0 aromatic heterocycles. The maximum absolute atomic E-state index is 13.6. The van der Waals surface area contributed by atoms with Gasteiger partial charge in [0.25, 0.3) is 0 Å². The molecule has 10 aliphatic rings. The van der Waals surface area contributed by atoms with Crippen molar-refractivity contribution >= 4 is 73.4 Å². The van der Waals surface area contributed by atoms with Crippen LogP contribution in [0.1, 0.15) is 175 Å². The van der Waals surface area contributed by atoms with Gasteiger partial charge in [0.15, 0.2) is 58.8 Å². The largest absolute Gasteiger partial charge is 0.446 e. The molecule has 10 nitrogen and oxygen atoms in total. The first-order chi connectivity index (χ1) is 62.6. The third-order valence-corrected chi connectivity index (χ3v) is 37.7. The number of esters is 5. The number of rotatable bonds is 23. The van der Waals surface area contributed by atoms with Crippen molar-refractivity contribution in [2.45, 2.75) is 245 Å². The molecule has 9 aliphatic carbocycles. The molecule has 11 aromatic carbocycles. The van der Waals surface area contributed by atoms with Crippen LogP contribution >= 0.6 is 0 Å². The Bertz CT molecular complexity index is 5730. The second-order valence-electron chi connectivity index (χ2n) is 38.5. The van der Waals surface area contributed by atoms with Gasteiger partial charge in [-0.15, -0.1) is 0 Å². The first-order valence-corrected chi connectivity index (χ1v) is 51.3. The molecule has 14 heteroatoms. The molecule has 0 spiro atoms. The van der Waals surface area contributed by atoms with E-state index in [9.17, 15) is 24.0 Å². The van der Waals surface area contributed by atoms with Gasteiger partial charge in [0, 0.05) is 60.4 Å². The minimum atomic E-state index is -1.24. The van der Waals surface area contributed by atoms with E-state index in [2.05, 4.69) is 271 Å². The van der Waals surface area contributed by atoms with Gasteiger partial charge in [0.05, 0.1) is 60.8 Å². The minimum absolute atomic E-state index is 0.0377.